The summed E-state index contributed by atoms with van der Waals surface area (Å²) in [5, 5.41) is 3.03. The Hall–Kier alpha value is -1.51. The first kappa shape index (κ1) is 14.9. The molecule has 2 amide bonds. The van der Waals surface area contributed by atoms with Crippen molar-refractivity contribution in [2.24, 2.45) is 0 Å². The van der Waals surface area contributed by atoms with Crippen LogP contribution >= 0.6 is 0 Å². The van der Waals surface area contributed by atoms with Crippen molar-refractivity contribution >= 4 is 6.03 Å². The van der Waals surface area contributed by atoms with Gasteiger partial charge in [0, 0.05) is 19.6 Å². The zero-order valence-corrected chi connectivity index (χ0v) is 12.7. The molecule has 1 N–H and O–H groups in total. The molecule has 0 radical (unpaired) electrons. The average molecular weight is 274 g/mol. The maximum atomic E-state index is 12.1. The van der Waals surface area contributed by atoms with Gasteiger partial charge in [-0.1, -0.05) is 49.1 Å². The minimum absolute atomic E-state index is 0.0732. The summed E-state index contributed by atoms with van der Waals surface area (Å²) < 4.78 is 0. The fourth-order valence-electron chi connectivity index (χ4n) is 2.83. The molecule has 3 heteroatoms. The van der Waals surface area contributed by atoms with Crippen LogP contribution in [0.15, 0.2) is 24.3 Å². The van der Waals surface area contributed by atoms with Crippen LogP contribution in [0.5, 0.6) is 0 Å². The van der Waals surface area contributed by atoms with E-state index in [9.17, 15) is 4.79 Å². The molecule has 1 saturated carbocycles. The van der Waals surface area contributed by atoms with Gasteiger partial charge in [-0.15, -0.1) is 0 Å². The normalized spacial score (nSPS) is 15.9. The van der Waals surface area contributed by atoms with Crippen molar-refractivity contribution in [1.82, 2.24) is 10.2 Å². The maximum absolute atomic E-state index is 12.1. The van der Waals surface area contributed by atoms with Gasteiger partial charge in [-0.3, -0.25) is 0 Å². The maximum Gasteiger partial charge on any atom is 0.317 e. The van der Waals surface area contributed by atoms with Gasteiger partial charge in [-0.25, -0.2) is 4.79 Å². The van der Waals surface area contributed by atoms with Gasteiger partial charge in [0.1, 0.15) is 0 Å². The fourth-order valence-corrected chi connectivity index (χ4v) is 2.83. The largest absolute Gasteiger partial charge is 0.338 e. The number of urea groups is 1. The zero-order valence-electron chi connectivity index (χ0n) is 12.7. The van der Waals surface area contributed by atoms with Crippen LogP contribution in [0.3, 0.4) is 0 Å². The Morgan fingerprint density at radius 1 is 1.20 bits per heavy atom. The van der Waals surface area contributed by atoms with Gasteiger partial charge in [0.25, 0.3) is 0 Å². The number of nitrogens with zero attached hydrogens (tertiary/aromatic N) is 1. The number of rotatable bonds is 4. The summed E-state index contributed by atoms with van der Waals surface area (Å²) in [6, 6.07) is 9.00. The van der Waals surface area contributed by atoms with E-state index in [4.69, 9.17) is 0 Å². The van der Waals surface area contributed by atoms with E-state index in [2.05, 4.69) is 36.5 Å². The average Bonchev–Trinajstić information content (AvgIpc) is 2.49. The van der Waals surface area contributed by atoms with E-state index in [1.807, 2.05) is 11.9 Å². The molecule has 0 heterocycles. The molecule has 1 aliphatic carbocycles. The van der Waals surface area contributed by atoms with Crippen molar-refractivity contribution in [3.63, 3.8) is 0 Å². The monoisotopic (exact) mass is 274 g/mol. The molecule has 3 nitrogen and oxygen atoms in total. The lowest BCUT2D eigenvalue weighted by atomic mass is 9.95. The molecule has 1 aliphatic rings. The Labute approximate surface area is 122 Å². The highest BCUT2D eigenvalue weighted by Crippen LogP contribution is 2.21. The molecule has 1 aromatic rings. The SMILES string of the molecule is Cc1ccc(CCNC(=O)N(C)C2CCCCC2)cc1. The third-order valence-electron chi connectivity index (χ3n) is 4.25. The van der Waals surface area contributed by atoms with Crippen molar-refractivity contribution in [3.8, 4) is 0 Å². The number of carbonyl (C=O) groups excluding carboxylic acids is 1. The summed E-state index contributed by atoms with van der Waals surface area (Å²) in [5.74, 6) is 0. The second-order valence-corrected chi connectivity index (χ2v) is 5.87. The number of aryl methyl sites for hydroxylation is 1. The molecule has 2 rings (SSSR count). The van der Waals surface area contributed by atoms with E-state index in [-0.39, 0.29) is 6.03 Å². The molecule has 0 atom stereocenters. The molecular formula is C17H26N2O. The van der Waals surface area contributed by atoms with E-state index < -0.39 is 0 Å². The van der Waals surface area contributed by atoms with Crippen molar-refractivity contribution in [1.29, 1.82) is 0 Å². The predicted octanol–water partition coefficient (Wildman–Crippen LogP) is 3.51. The van der Waals surface area contributed by atoms with E-state index in [0.29, 0.717) is 12.6 Å². The first-order chi connectivity index (χ1) is 9.66. The van der Waals surface area contributed by atoms with E-state index in [1.54, 1.807) is 0 Å². The Bertz CT molecular complexity index is 421. The second-order valence-electron chi connectivity index (χ2n) is 5.87. The molecule has 0 bridgehead atoms. The van der Waals surface area contributed by atoms with Crippen LogP contribution in [-0.2, 0) is 6.42 Å². The zero-order chi connectivity index (χ0) is 14.4. The summed E-state index contributed by atoms with van der Waals surface area (Å²) in [6.07, 6.45) is 7.03. The van der Waals surface area contributed by atoms with Gasteiger partial charge >= 0.3 is 6.03 Å². The molecule has 0 saturated heterocycles. The number of nitrogens with one attached hydrogen (secondary N) is 1. The topological polar surface area (TPSA) is 32.3 Å². The summed E-state index contributed by atoms with van der Waals surface area (Å²) in [7, 11) is 1.93. The van der Waals surface area contributed by atoms with Gasteiger partial charge in [-0.05, 0) is 31.7 Å². The molecule has 110 valence electrons. The van der Waals surface area contributed by atoms with Gasteiger partial charge < -0.3 is 10.2 Å². The first-order valence-corrected chi connectivity index (χ1v) is 7.73. The summed E-state index contributed by atoms with van der Waals surface area (Å²) in [6.45, 7) is 2.80. The van der Waals surface area contributed by atoms with Gasteiger partial charge in [0.05, 0.1) is 0 Å². The number of carbonyl (C=O) groups is 1. The number of hydrogen-bond donors (Lipinski definition) is 1. The second kappa shape index (κ2) is 7.32. The van der Waals surface area contributed by atoms with Gasteiger partial charge in [0.15, 0.2) is 0 Å². The Kier molecular flexibility index (Phi) is 5.45. The molecule has 1 fully saturated rings. The third-order valence-corrected chi connectivity index (χ3v) is 4.25. The highest BCUT2D eigenvalue weighted by Gasteiger charge is 2.21. The minimum Gasteiger partial charge on any atom is -0.338 e. The van der Waals surface area contributed by atoms with Crippen LogP contribution < -0.4 is 5.32 Å². The Morgan fingerprint density at radius 2 is 1.85 bits per heavy atom. The van der Waals surface area contributed by atoms with Crippen LogP contribution in [0, 0.1) is 6.92 Å². The van der Waals surface area contributed by atoms with E-state index in [1.165, 1.54) is 30.4 Å². The number of benzene rings is 1. The van der Waals surface area contributed by atoms with Crippen LogP contribution in [-0.4, -0.2) is 30.6 Å². The highest BCUT2D eigenvalue weighted by molar-refractivity contribution is 5.74. The van der Waals surface area contributed by atoms with Gasteiger partial charge in [-0.2, -0.15) is 0 Å². The lowest BCUT2D eigenvalue weighted by molar-refractivity contribution is 0.174. The Balaban J connectivity index is 1.72. The minimum atomic E-state index is 0.0732. The predicted molar refractivity (Wildman–Crippen MR) is 82.9 cm³/mol. The van der Waals surface area contributed by atoms with Crippen molar-refractivity contribution in [2.75, 3.05) is 13.6 Å². The first-order valence-electron chi connectivity index (χ1n) is 7.73. The van der Waals surface area contributed by atoms with Crippen molar-refractivity contribution in [2.45, 2.75) is 51.5 Å². The van der Waals surface area contributed by atoms with Crippen molar-refractivity contribution in [3.05, 3.63) is 35.4 Å². The van der Waals surface area contributed by atoms with Crippen LogP contribution in [0.2, 0.25) is 0 Å². The van der Waals surface area contributed by atoms with Crippen LogP contribution in [0.4, 0.5) is 4.79 Å². The standard InChI is InChI=1S/C17H26N2O/c1-14-8-10-15(11-9-14)12-13-18-17(20)19(2)16-6-4-3-5-7-16/h8-11,16H,3-7,12-13H2,1-2H3,(H,18,20). The number of hydrogen-bond acceptors (Lipinski definition) is 1. The third kappa shape index (κ3) is 4.26. The molecule has 0 spiro atoms. The highest BCUT2D eigenvalue weighted by atomic mass is 16.2. The van der Waals surface area contributed by atoms with Crippen molar-refractivity contribution < 1.29 is 4.79 Å². The number of amides is 2. The molecule has 0 aromatic heterocycles. The molecular weight excluding hydrogens is 248 g/mol. The van der Waals surface area contributed by atoms with E-state index in [0.717, 1.165) is 19.3 Å². The van der Waals surface area contributed by atoms with Crippen LogP contribution in [0.25, 0.3) is 0 Å². The van der Waals surface area contributed by atoms with E-state index >= 15 is 0 Å². The van der Waals surface area contributed by atoms with Gasteiger partial charge in [0.2, 0.25) is 0 Å². The fraction of sp³-hybridized carbons (Fsp3) is 0.588. The lowest BCUT2D eigenvalue weighted by Gasteiger charge is -2.31. The summed E-state index contributed by atoms with van der Waals surface area (Å²) in [5.41, 5.74) is 2.55. The Morgan fingerprint density at radius 3 is 2.50 bits per heavy atom. The molecule has 0 aliphatic heterocycles. The smallest absolute Gasteiger partial charge is 0.317 e. The quantitative estimate of drug-likeness (QED) is 0.895. The summed E-state index contributed by atoms with van der Waals surface area (Å²) >= 11 is 0. The molecule has 0 unspecified atom stereocenters. The molecule has 1 aromatic carbocycles. The lowest BCUT2D eigenvalue weighted by Crippen LogP contribution is -2.44. The summed E-state index contributed by atoms with van der Waals surface area (Å²) in [4.78, 5) is 14.0. The van der Waals surface area contributed by atoms with Crippen LogP contribution in [0.1, 0.15) is 43.2 Å². The molecule has 20 heavy (non-hydrogen) atoms.